The van der Waals surface area contributed by atoms with Crippen molar-refractivity contribution in [2.45, 2.75) is 24.8 Å². The van der Waals surface area contributed by atoms with Crippen molar-refractivity contribution in [1.29, 1.82) is 0 Å². The molecule has 7 heteroatoms. The summed E-state index contributed by atoms with van der Waals surface area (Å²) in [5.41, 5.74) is 3.23. The topological polar surface area (TPSA) is 75.7 Å². The Morgan fingerprint density at radius 2 is 1.67 bits per heavy atom. The van der Waals surface area contributed by atoms with Gasteiger partial charge in [-0.2, -0.15) is 0 Å². The molecule has 0 bridgehead atoms. The van der Waals surface area contributed by atoms with E-state index in [1.807, 2.05) is 32.0 Å². The van der Waals surface area contributed by atoms with Gasteiger partial charge in [-0.3, -0.25) is 9.10 Å². The number of benzene rings is 3. The number of nitrogens with zero attached hydrogens (tertiary/aromatic N) is 1. The van der Waals surface area contributed by atoms with Gasteiger partial charge in [-0.1, -0.05) is 36.4 Å². The number of hydrogen-bond acceptors (Lipinski definition) is 4. The highest BCUT2D eigenvalue weighted by Gasteiger charge is 2.37. The number of anilines is 2. The Balaban J connectivity index is 1.66. The van der Waals surface area contributed by atoms with Crippen LogP contribution in [-0.4, -0.2) is 27.0 Å². The zero-order valence-electron chi connectivity index (χ0n) is 16.7. The Labute approximate surface area is 176 Å². The van der Waals surface area contributed by atoms with Gasteiger partial charge in [0.1, 0.15) is 5.75 Å². The number of sulfonamides is 1. The average molecular weight is 423 g/mol. The number of rotatable bonds is 4. The summed E-state index contributed by atoms with van der Waals surface area (Å²) in [5, 5.41) is 2.84. The highest BCUT2D eigenvalue weighted by atomic mass is 32.2. The molecule has 154 valence electrons. The molecule has 1 N–H and O–H groups in total. The fraction of sp³-hybridized carbons (Fsp3) is 0.174. The van der Waals surface area contributed by atoms with Crippen LogP contribution in [0.15, 0.2) is 77.7 Å². The minimum Gasteiger partial charge on any atom is -0.476 e. The molecule has 1 aliphatic heterocycles. The largest absolute Gasteiger partial charge is 0.476 e. The van der Waals surface area contributed by atoms with Crippen LogP contribution in [0.25, 0.3) is 0 Å². The molecule has 1 amide bonds. The van der Waals surface area contributed by atoms with Crippen LogP contribution in [0.2, 0.25) is 0 Å². The summed E-state index contributed by atoms with van der Waals surface area (Å²) in [6, 6.07) is 20.6. The molecular weight excluding hydrogens is 400 g/mol. The maximum Gasteiger partial charge on any atom is 0.267 e. The van der Waals surface area contributed by atoms with Crippen molar-refractivity contribution < 1.29 is 17.9 Å². The van der Waals surface area contributed by atoms with E-state index >= 15 is 0 Å². The molecule has 6 nitrogen and oxygen atoms in total. The van der Waals surface area contributed by atoms with E-state index in [1.165, 1.54) is 16.4 Å². The SMILES string of the molecule is Cc1ccc(NC(=O)[C@@H]2CN(S(=O)(=O)c3ccccc3)c3ccccc3O2)cc1C. The van der Waals surface area contributed by atoms with Gasteiger partial charge in [-0.15, -0.1) is 0 Å². The second-order valence-corrected chi connectivity index (χ2v) is 9.07. The van der Waals surface area contributed by atoms with Gasteiger partial charge in [-0.05, 0) is 61.4 Å². The molecule has 3 aromatic rings. The van der Waals surface area contributed by atoms with Crippen LogP contribution in [0, 0.1) is 13.8 Å². The third-order valence-corrected chi connectivity index (χ3v) is 6.93. The average Bonchev–Trinajstić information content (AvgIpc) is 2.76. The smallest absolute Gasteiger partial charge is 0.267 e. The molecule has 0 radical (unpaired) electrons. The number of ether oxygens (including phenoxy) is 1. The molecule has 1 atom stereocenters. The Morgan fingerprint density at radius 3 is 2.40 bits per heavy atom. The molecule has 0 saturated heterocycles. The van der Waals surface area contributed by atoms with E-state index in [1.54, 1.807) is 42.5 Å². The van der Waals surface area contributed by atoms with Gasteiger partial charge in [-0.25, -0.2) is 8.42 Å². The fourth-order valence-corrected chi connectivity index (χ4v) is 4.82. The second kappa shape index (κ2) is 7.84. The van der Waals surface area contributed by atoms with E-state index in [0.29, 0.717) is 17.1 Å². The molecule has 0 unspecified atom stereocenters. The predicted molar refractivity (Wildman–Crippen MR) is 116 cm³/mol. The number of amides is 1. The third kappa shape index (κ3) is 3.76. The maximum atomic E-state index is 13.3. The summed E-state index contributed by atoms with van der Waals surface area (Å²) in [6.07, 6.45) is -0.986. The van der Waals surface area contributed by atoms with Crippen LogP contribution in [-0.2, 0) is 14.8 Å². The molecule has 0 fully saturated rings. The number of fused-ring (bicyclic) bond motifs is 1. The van der Waals surface area contributed by atoms with Crippen LogP contribution in [0.1, 0.15) is 11.1 Å². The van der Waals surface area contributed by atoms with Crippen LogP contribution >= 0.6 is 0 Å². The van der Waals surface area contributed by atoms with Gasteiger partial charge in [0.2, 0.25) is 0 Å². The maximum absolute atomic E-state index is 13.3. The molecule has 0 spiro atoms. The predicted octanol–water partition coefficient (Wildman–Crippen LogP) is 3.90. The van der Waals surface area contributed by atoms with Gasteiger partial charge in [0.05, 0.1) is 17.1 Å². The van der Waals surface area contributed by atoms with Crippen LogP contribution in [0.5, 0.6) is 5.75 Å². The summed E-state index contributed by atoms with van der Waals surface area (Å²) in [6.45, 7) is 3.84. The number of hydrogen-bond donors (Lipinski definition) is 1. The summed E-state index contributed by atoms with van der Waals surface area (Å²) in [5.74, 6) is -0.0514. The van der Waals surface area contributed by atoms with Crippen LogP contribution < -0.4 is 14.4 Å². The minimum absolute atomic E-state index is 0.120. The summed E-state index contributed by atoms with van der Waals surface area (Å²) < 4.78 is 33.7. The van der Waals surface area contributed by atoms with Gasteiger partial charge < -0.3 is 10.1 Å². The van der Waals surface area contributed by atoms with E-state index in [0.717, 1.165) is 11.1 Å². The van der Waals surface area contributed by atoms with Crippen molar-refractivity contribution in [2.24, 2.45) is 0 Å². The highest BCUT2D eigenvalue weighted by molar-refractivity contribution is 7.92. The quantitative estimate of drug-likeness (QED) is 0.692. The monoisotopic (exact) mass is 422 g/mol. The van der Waals surface area contributed by atoms with E-state index in [4.69, 9.17) is 4.74 Å². The summed E-state index contributed by atoms with van der Waals surface area (Å²) in [7, 11) is -3.85. The first kappa shape index (κ1) is 20.0. The van der Waals surface area contributed by atoms with Crippen LogP contribution in [0.3, 0.4) is 0 Å². The van der Waals surface area contributed by atoms with Crippen molar-refractivity contribution in [3.63, 3.8) is 0 Å². The first-order valence-corrected chi connectivity index (χ1v) is 11.0. The van der Waals surface area contributed by atoms with E-state index in [-0.39, 0.29) is 11.4 Å². The molecule has 0 aliphatic carbocycles. The third-order valence-electron chi connectivity index (χ3n) is 5.13. The highest BCUT2D eigenvalue weighted by Crippen LogP contribution is 2.37. The molecule has 30 heavy (non-hydrogen) atoms. The minimum atomic E-state index is -3.85. The molecule has 0 saturated carbocycles. The number of para-hydroxylation sites is 2. The van der Waals surface area contributed by atoms with Crippen molar-refractivity contribution in [3.8, 4) is 5.75 Å². The van der Waals surface area contributed by atoms with Crippen LogP contribution in [0.4, 0.5) is 11.4 Å². The zero-order valence-corrected chi connectivity index (χ0v) is 17.5. The number of carbonyl (C=O) groups is 1. The molecule has 1 heterocycles. The molecule has 0 aromatic heterocycles. The second-order valence-electron chi connectivity index (χ2n) is 7.21. The molecular formula is C23H22N2O4S. The lowest BCUT2D eigenvalue weighted by Gasteiger charge is -2.34. The normalized spacial score (nSPS) is 15.8. The van der Waals surface area contributed by atoms with Crippen molar-refractivity contribution in [1.82, 2.24) is 0 Å². The summed E-state index contributed by atoms with van der Waals surface area (Å²) in [4.78, 5) is 13.1. The first-order chi connectivity index (χ1) is 14.4. The lowest BCUT2D eigenvalue weighted by molar-refractivity contribution is -0.122. The standard InChI is InChI=1S/C23H22N2O4S/c1-16-12-13-18(14-17(16)2)24-23(26)22-15-25(20-10-6-7-11-21(20)29-22)30(27,28)19-8-4-3-5-9-19/h3-14,22H,15H2,1-2H3,(H,24,26)/t22-/m0/s1. The number of nitrogens with one attached hydrogen (secondary N) is 1. The van der Waals surface area contributed by atoms with E-state index in [9.17, 15) is 13.2 Å². The van der Waals surface area contributed by atoms with Crippen molar-refractivity contribution in [3.05, 3.63) is 83.9 Å². The van der Waals surface area contributed by atoms with Crippen molar-refractivity contribution in [2.75, 3.05) is 16.2 Å². The zero-order chi connectivity index (χ0) is 21.3. The number of aryl methyl sites for hydroxylation is 2. The number of carbonyl (C=O) groups excluding carboxylic acids is 1. The lowest BCUT2D eigenvalue weighted by Crippen LogP contribution is -2.48. The van der Waals surface area contributed by atoms with Gasteiger partial charge in [0.15, 0.2) is 6.10 Å². The van der Waals surface area contributed by atoms with Gasteiger partial charge >= 0.3 is 0 Å². The Bertz CT molecular complexity index is 1190. The molecule has 3 aromatic carbocycles. The Kier molecular flexibility index (Phi) is 5.22. The molecule has 4 rings (SSSR count). The van der Waals surface area contributed by atoms with Crippen molar-refractivity contribution >= 4 is 27.3 Å². The Morgan fingerprint density at radius 1 is 0.967 bits per heavy atom. The van der Waals surface area contributed by atoms with E-state index in [2.05, 4.69) is 5.32 Å². The fourth-order valence-electron chi connectivity index (χ4n) is 3.33. The Hall–Kier alpha value is -3.32. The summed E-state index contributed by atoms with van der Waals surface area (Å²) >= 11 is 0. The van der Waals surface area contributed by atoms with E-state index < -0.39 is 22.0 Å². The van der Waals surface area contributed by atoms with Gasteiger partial charge in [0.25, 0.3) is 15.9 Å². The van der Waals surface area contributed by atoms with Gasteiger partial charge in [0, 0.05) is 5.69 Å². The first-order valence-electron chi connectivity index (χ1n) is 9.58. The lowest BCUT2D eigenvalue weighted by atomic mass is 10.1. The molecule has 1 aliphatic rings.